The molecule has 1 saturated carbocycles. The molecule has 1 N–H and O–H groups in total. The summed E-state index contributed by atoms with van der Waals surface area (Å²) in [6, 6.07) is 7.58. The van der Waals surface area contributed by atoms with E-state index in [1.807, 2.05) is 12.1 Å². The molecular weight excluding hydrogens is 251 g/mol. The van der Waals surface area contributed by atoms with E-state index in [9.17, 15) is 4.39 Å². The van der Waals surface area contributed by atoms with Crippen molar-refractivity contribution in [1.82, 2.24) is 5.32 Å². The zero-order valence-corrected chi connectivity index (χ0v) is 12.3. The first-order chi connectivity index (χ1) is 9.74. The SMILES string of the molecule is CCC1CC(NCC2CC2)CN(c2cccc(F)c2)C1. The van der Waals surface area contributed by atoms with E-state index in [1.165, 1.54) is 31.7 Å². The van der Waals surface area contributed by atoms with Crippen LogP contribution in [0, 0.1) is 17.7 Å². The molecule has 1 aliphatic heterocycles. The first kappa shape index (κ1) is 13.9. The van der Waals surface area contributed by atoms with Gasteiger partial charge in [0, 0.05) is 24.8 Å². The summed E-state index contributed by atoms with van der Waals surface area (Å²) in [4.78, 5) is 2.35. The Morgan fingerprint density at radius 2 is 2.10 bits per heavy atom. The number of anilines is 1. The van der Waals surface area contributed by atoms with Crippen molar-refractivity contribution in [3.05, 3.63) is 30.1 Å². The van der Waals surface area contributed by atoms with Crippen LogP contribution < -0.4 is 10.2 Å². The van der Waals surface area contributed by atoms with Crippen molar-refractivity contribution in [2.75, 3.05) is 24.5 Å². The summed E-state index contributed by atoms with van der Waals surface area (Å²) >= 11 is 0. The van der Waals surface area contributed by atoms with Crippen molar-refractivity contribution in [3.8, 4) is 0 Å². The molecule has 3 rings (SSSR count). The molecule has 0 spiro atoms. The molecule has 3 heteroatoms. The van der Waals surface area contributed by atoms with Gasteiger partial charge in [0.25, 0.3) is 0 Å². The summed E-state index contributed by atoms with van der Waals surface area (Å²) in [6.45, 7) is 5.49. The lowest BCUT2D eigenvalue weighted by Crippen LogP contribution is -2.49. The van der Waals surface area contributed by atoms with Gasteiger partial charge in [-0.1, -0.05) is 19.4 Å². The number of nitrogens with zero attached hydrogens (tertiary/aromatic N) is 1. The minimum absolute atomic E-state index is 0.136. The van der Waals surface area contributed by atoms with Crippen molar-refractivity contribution < 1.29 is 4.39 Å². The molecule has 1 aliphatic carbocycles. The fourth-order valence-corrected chi connectivity index (χ4v) is 3.19. The molecule has 0 aromatic heterocycles. The van der Waals surface area contributed by atoms with E-state index in [-0.39, 0.29) is 5.82 Å². The molecule has 1 heterocycles. The van der Waals surface area contributed by atoms with Crippen LogP contribution in [0.15, 0.2) is 24.3 Å². The van der Waals surface area contributed by atoms with Gasteiger partial charge < -0.3 is 10.2 Å². The molecule has 1 saturated heterocycles. The number of hydrogen-bond donors (Lipinski definition) is 1. The van der Waals surface area contributed by atoms with Gasteiger partial charge in [-0.2, -0.15) is 0 Å². The molecular formula is C17H25FN2. The number of halogens is 1. The van der Waals surface area contributed by atoms with Gasteiger partial charge in [0.05, 0.1) is 0 Å². The Kier molecular flexibility index (Phi) is 4.25. The number of hydrogen-bond acceptors (Lipinski definition) is 2. The van der Waals surface area contributed by atoms with Crippen molar-refractivity contribution >= 4 is 5.69 Å². The molecule has 0 radical (unpaired) electrons. The van der Waals surface area contributed by atoms with Gasteiger partial charge in [-0.25, -0.2) is 4.39 Å². The molecule has 0 bridgehead atoms. The minimum atomic E-state index is -0.136. The summed E-state index contributed by atoms with van der Waals surface area (Å²) in [6.07, 6.45) is 5.25. The van der Waals surface area contributed by atoms with Crippen molar-refractivity contribution in [2.24, 2.45) is 11.8 Å². The molecule has 20 heavy (non-hydrogen) atoms. The van der Waals surface area contributed by atoms with Gasteiger partial charge >= 0.3 is 0 Å². The lowest BCUT2D eigenvalue weighted by atomic mass is 9.91. The topological polar surface area (TPSA) is 15.3 Å². The van der Waals surface area contributed by atoms with Gasteiger partial charge in [0.1, 0.15) is 5.82 Å². The number of nitrogens with one attached hydrogen (secondary N) is 1. The zero-order chi connectivity index (χ0) is 13.9. The van der Waals surface area contributed by atoms with Gasteiger partial charge in [-0.15, -0.1) is 0 Å². The standard InChI is InChI=1S/C17H25FN2/c1-2-13-8-16(19-10-14-6-7-14)12-20(11-13)17-5-3-4-15(18)9-17/h3-5,9,13-14,16,19H,2,6-8,10-12H2,1H3. The highest BCUT2D eigenvalue weighted by Gasteiger charge is 2.28. The highest BCUT2D eigenvalue weighted by Crippen LogP contribution is 2.29. The third-order valence-corrected chi connectivity index (χ3v) is 4.68. The van der Waals surface area contributed by atoms with Crippen LogP contribution in [0.2, 0.25) is 0 Å². The molecule has 110 valence electrons. The normalized spacial score (nSPS) is 26.8. The Morgan fingerprint density at radius 1 is 1.25 bits per heavy atom. The number of piperidine rings is 1. The van der Waals surface area contributed by atoms with Crippen LogP contribution in [-0.2, 0) is 0 Å². The second kappa shape index (κ2) is 6.13. The molecule has 2 aliphatic rings. The molecule has 0 amide bonds. The molecule has 2 nitrogen and oxygen atoms in total. The Labute approximate surface area is 121 Å². The highest BCUT2D eigenvalue weighted by molar-refractivity contribution is 5.47. The highest BCUT2D eigenvalue weighted by atomic mass is 19.1. The lowest BCUT2D eigenvalue weighted by Gasteiger charge is -2.39. The molecule has 1 aromatic rings. The first-order valence-electron chi connectivity index (χ1n) is 7.98. The van der Waals surface area contributed by atoms with E-state index < -0.39 is 0 Å². The van der Waals surface area contributed by atoms with Crippen LogP contribution in [0.1, 0.15) is 32.6 Å². The van der Waals surface area contributed by atoms with Gasteiger partial charge in [-0.3, -0.25) is 0 Å². The van der Waals surface area contributed by atoms with Crippen LogP contribution in [0.5, 0.6) is 0 Å². The fourth-order valence-electron chi connectivity index (χ4n) is 3.19. The zero-order valence-electron chi connectivity index (χ0n) is 12.3. The van der Waals surface area contributed by atoms with E-state index >= 15 is 0 Å². The maximum absolute atomic E-state index is 13.4. The fraction of sp³-hybridized carbons (Fsp3) is 0.647. The van der Waals surface area contributed by atoms with E-state index in [4.69, 9.17) is 0 Å². The summed E-state index contributed by atoms with van der Waals surface area (Å²) < 4.78 is 13.4. The van der Waals surface area contributed by atoms with Crippen molar-refractivity contribution in [3.63, 3.8) is 0 Å². The van der Waals surface area contributed by atoms with Gasteiger partial charge in [0.2, 0.25) is 0 Å². The minimum Gasteiger partial charge on any atom is -0.370 e. The predicted molar refractivity (Wildman–Crippen MR) is 81.5 cm³/mol. The summed E-state index contributed by atoms with van der Waals surface area (Å²) in [7, 11) is 0. The Hall–Kier alpha value is -1.09. The predicted octanol–water partition coefficient (Wildman–Crippen LogP) is 3.43. The van der Waals surface area contributed by atoms with E-state index in [0.29, 0.717) is 12.0 Å². The smallest absolute Gasteiger partial charge is 0.125 e. The molecule has 2 unspecified atom stereocenters. The van der Waals surface area contributed by atoms with Gasteiger partial charge in [0.15, 0.2) is 0 Å². The second-order valence-corrected chi connectivity index (χ2v) is 6.44. The second-order valence-electron chi connectivity index (χ2n) is 6.44. The summed E-state index contributed by atoms with van der Waals surface area (Å²) in [5.41, 5.74) is 1.03. The van der Waals surface area contributed by atoms with Crippen molar-refractivity contribution in [1.29, 1.82) is 0 Å². The lowest BCUT2D eigenvalue weighted by molar-refractivity contribution is 0.324. The van der Waals surface area contributed by atoms with E-state index in [2.05, 4.69) is 17.1 Å². The molecule has 2 fully saturated rings. The average Bonchev–Trinajstić information content (AvgIpc) is 3.29. The number of benzene rings is 1. The van der Waals surface area contributed by atoms with Crippen LogP contribution in [-0.4, -0.2) is 25.7 Å². The van der Waals surface area contributed by atoms with Crippen molar-refractivity contribution in [2.45, 2.75) is 38.6 Å². The van der Waals surface area contributed by atoms with Crippen LogP contribution >= 0.6 is 0 Å². The van der Waals surface area contributed by atoms with Crippen LogP contribution in [0.4, 0.5) is 10.1 Å². The van der Waals surface area contributed by atoms with Crippen LogP contribution in [0.3, 0.4) is 0 Å². The maximum Gasteiger partial charge on any atom is 0.125 e. The quantitative estimate of drug-likeness (QED) is 0.886. The van der Waals surface area contributed by atoms with E-state index in [0.717, 1.165) is 31.2 Å². The molecule has 1 aromatic carbocycles. The summed E-state index contributed by atoms with van der Waals surface area (Å²) in [5, 5.41) is 3.73. The summed E-state index contributed by atoms with van der Waals surface area (Å²) in [5.74, 6) is 1.49. The Morgan fingerprint density at radius 3 is 2.80 bits per heavy atom. The van der Waals surface area contributed by atoms with Gasteiger partial charge in [-0.05, 0) is 55.8 Å². The Balaban J connectivity index is 1.65. The monoisotopic (exact) mass is 276 g/mol. The third-order valence-electron chi connectivity index (χ3n) is 4.68. The maximum atomic E-state index is 13.4. The largest absolute Gasteiger partial charge is 0.370 e. The Bertz CT molecular complexity index is 444. The average molecular weight is 276 g/mol. The van der Waals surface area contributed by atoms with E-state index in [1.54, 1.807) is 6.07 Å². The van der Waals surface area contributed by atoms with Crippen LogP contribution in [0.25, 0.3) is 0 Å². The third kappa shape index (κ3) is 3.51. The number of rotatable bonds is 5. The molecule has 2 atom stereocenters. The first-order valence-corrected chi connectivity index (χ1v) is 7.98.